The fraction of sp³-hybridized carbons (Fsp3) is 0.667. The van der Waals surface area contributed by atoms with Gasteiger partial charge in [-0.05, 0) is 17.8 Å². The van der Waals surface area contributed by atoms with Gasteiger partial charge in [0.1, 0.15) is 5.76 Å². The van der Waals surface area contributed by atoms with Crippen molar-refractivity contribution in [1.29, 1.82) is 0 Å². The molecular formula is C12H20N2O2. The molecule has 1 rings (SSSR count). The third-order valence-corrected chi connectivity index (χ3v) is 2.32. The molecule has 0 spiro atoms. The number of amides is 1. The van der Waals surface area contributed by atoms with Gasteiger partial charge in [0, 0.05) is 12.5 Å². The number of carbonyl (C=O) groups excluding carboxylic acids is 1. The van der Waals surface area contributed by atoms with Gasteiger partial charge < -0.3 is 10.3 Å². The van der Waals surface area contributed by atoms with Gasteiger partial charge in [0.15, 0.2) is 5.69 Å². The number of nitrogens with zero attached hydrogens (tertiary/aromatic N) is 1. The Labute approximate surface area is 96.2 Å². The summed E-state index contributed by atoms with van der Waals surface area (Å²) in [6.45, 7) is 8.79. The van der Waals surface area contributed by atoms with E-state index in [2.05, 4.69) is 32.9 Å². The molecule has 1 aromatic heterocycles. The first-order chi connectivity index (χ1) is 7.28. The Hall–Kier alpha value is -1.32. The topological polar surface area (TPSA) is 69.1 Å². The largest absolute Gasteiger partial charge is 0.364 e. The fourth-order valence-corrected chi connectivity index (χ4v) is 1.99. The molecular weight excluding hydrogens is 204 g/mol. The molecule has 1 heterocycles. The van der Waals surface area contributed by atoms with Gasteiger partial charge in [-0.25, -0.2) is 0 Å². The lowest BCUT2D eigenvalue weighted by Crippen LogP contribution is -2.12. The van der Waals surface area contributed by atoms with Crippen LogP contribution < -0.4 is 5.73 Å². The Morgan fingerprint density at radius 1 is 1.56 bits per heavy atom. The highest BCUT2D eigenvalue weighted by atomic mass is 16.5. The van der Waals surface area contributed by atoms with Gasteiger partial charge in [-0.1, -0.05) is 32.9 Å². The van der Waals surface area contributed by atoms with E-state index in [9.17, 15) is 4.79 Å². The van der Waals surface area contributed by atoms with Crippen molar-refractivity contribution in [3.63, 3.8) is 0 Å². The monoisotopic (exact) mass is 224 g/mol. The summed E-state index contributed by atoms with van der Waals surface area (Å²) in [6.07, 6.45) is 1.89. The molecule has 0 aromatic carbocycles. The Morgan fingerprint density at radius 2 is 2.19 bits per heavy atom. The molecule has 1 aromatic rings. The average molecular weight is 224 g/mol. The fourth-order valence-electron chi connectivity index (χ4n) is 1.99. The summed E-state index contributed by atoms with van der Waals surface area (Å²) < 4.78 is 5.06. The number of aromatic nitrogens is 1. The first-order valence-electron chi connectivity index (χ1n) is 5.53. The second-order valence-electron chi connectivity index (χ2n) is 5.62. The van der Waals surface area contributed by atoms with Crippen molar-refractivity contribution in [3.8, 4) is 0 Å². The average Bonchev–Trinajstić information content (AvgIpc) is 2.48. The van der Waals surface area contributed by atoms with Crippen molar-refractivity contribution < 1.29 is 9.32 Å². The molecule has 1 unspecified atom stereocenters. The summed E-state index contributed by atoms with van der Waals surface area (Å²) in [4.78, 5) is 10.8. The van der Waals surface area contributed by atoms with Crippen molar-refractivity contribution in [2.45, 2.75) is 40.5 Å². The van der Waals surface area contributed by atoms with E-state index in [0.29, 0.717) is 11.3 Å². The molecule has 0 fully saturated rings. The molecule has 90 valence electrons. The van der Waals surface area contributed by atoms with Gasteiger partial charge in [0.2, 0.25) is 0 Å². The molecule has 4 heteroatoms. The standard InChI is InChI=1S/C12H20N2O2/c1-8(7-12(2,3)4)5-9-6-10(11(13)15)14-16-9/h6,8H,5,7H2,1-4H3,(H2,13,15). The highest BCUT2D eigenvalue weighted by molar-refractivity contribution is 5.90. The smallest absolute Gasteiger partial charge is 0.270 e. The summed E-state index contributed by atoms with van der Waals surface area (Å²) in [5.74, 6) is 0.678. The summed E-state index contributed by atoms with van der Waals surface area (Å²) in [5, 5.41) is 3.62. The third-order valence-electron chi connectivity index (χ3n) is 2.32. The maximum Gasteiger partial charge on any atom is 0.270 e. The highest BCUT2D eigenvalue weighted by Gasteiger charge is 2.18. The first kappa shape index (κ1) is 12.7. The predicted octanol–water partition coefficient (Wildman–Crippen LogP) is 2.39. The number of rotatable bonds is 4. The lowest BCUT2D eigenvalue weighted by Gasteiger charge is -2.22. The molecule has 0 saturated carbocycles. The molecule has 16 heavy (non-hydrogen) atoms. The Kier molecular flexibility index (Phi) is 3.73. The molecule has 0 radical (unpaired) electrons. The van der Waals surface area contributed by atoms with Gasteiger partial charge in [0.25, 0.3) is 5.91 Å². The van der Waals surface area contributed by atoms with Crippen molar-refractivity contribution in [1.82, 2.24) is 5.16 Å². The van der Waals surface area contributed by atoms with Crippen LogP contribution in [0.2, 0.25) is 0 Å². The number of hydrogen-bond acceptors (Lipinski definition) is 3. The second kappa shape index (κ2) is 4.68. The van der Waals surface area contributed by atoms with Crippen LogP contribution in [0.4, 0.5) is 0 Å². The quantitative estimate of drug-likeness (QED) is 0.853. The van der Waals surface area contributed by atoms with Crippen LogP contribution in [0.3, 0.4) is 0 Å². The van der Waals surface area contributed by atoms with E-state index in [1.54, 1.807) is 6.07 Å². The minimum Gasteiger partial charge on any atom is -0.364 e. The van der Waals surface area contributed by atoms with E-state index in [4.69, 9.17) is 10.3 Å². The first-order valence-corrected chi connectivity index (χ1v) is 5.53. The van der Waals surface area contributed by atoms with Crippen LogP contribution in [0.25, 0.3) is 0 Å². The van der Waals surface area contributed by atoms with Crippen LogP contribution in [-0.2, 0) is 6.42 Å². The number of primary amides is 1. The summed E-state index contributed by atoms with van der Waals surface area (Å²) in [7, 11) is 0. The Balaban J connectivity index is 2.56. The van der Waals surface area contributed by atoms with Crippen LogP contribution in [-0.4, -0.2) is 11.1 Å². The van der Waals surface area contributed by atoms with E-state index in [1.165, 1.54) is 0 Å². The number of nitrogens with two attached hydrogens (primary N) is 1. The minimum absolute atomic E-state index is 0.206. The van der Waals surface area contributed by atoms with Crippen LogP contribution in [0.5, 0.6) is 0 Å². The van der Waals surface area contributed by atoms with Crippen molar-refractivity contribution >= 4 is 5.91 Å². The maximum atomic E-state index is 10.8. The molecule has 2 N–H and O–H groups in total. The summed E-state index contributed by atoms with van der Waals surface area (Å²) in [6, 6.07) is 1.63. The third kappa shape index (κ3) is 4.04. The van der Waals surface area contributed by atoms with Gasteiger partial charge in [0.05, 0.1) is 0 Å². The highest BCUT2D eigenvalue weighted by Crippen LogP contribution is 2.26. The molecule has 0 bridgehead atoms. The molecule has 1 amide bonds. The van der Waals surface area contributed by atoms with Gasteiger partial charge >= 0.3 is 0 Å². The van der Waals surface area contributed by atoms with Crippen molar-refractivity contribution in [3.05, 3.63) is 17.5 Å². The lowest BCUT2D eigenvalue weighted by atomic mass is 9.84. The van der Waals surface area contributed by atoms with Crippen molar-refractivity contribution in [2.24, 2.45) is 17.1 Å². The van der Waals surface area contributed by atoms with E-state index < -0.39 is 5.91 Å². The van der Waals surface area contributed by atoms with Crippen LogP contribution in [0.15, 0.2) is 10.6 Å². The van der Waals surface area contributed by atoms with E-state index in [1.807, 2.05) is 0 Å². The van der Waals surface area contributed by atoms with E-state index in [-0.39, 0.29) is 5.69 Å². The number of hydrogen-bond donors (Lipinski definition) is 1. The lowest BCUT2D eigenvalue weighted by molar-refractivity contribution is 0.0991. The summed E-state index contributed by atoms with van der Waals surface area (Å²) >= 11 is 0. The molecule has 4 nitrogen and oxygen atoms in total. The zero-order valence-corrected chi connectivity index (χ0v) is 10.4. The normalized spacial score (nSPS) is 13.8. The van der Waals surface area contributed by atoms with E-state index >= 15 is 0 Å². The van der Waals surface area contributed by atoms with Gasteiger partial charge in [-0.2, -0.15) is 0 Å². The van der Waals surface area contributed by atoms with Crippen LogP contribution >= 0.6 is 0 Å². The zero-order chi connectivity index (χ0) is 12.3. The Morgan fingerprint density at radius 3 is 2.62 bits per heavy atom. The molecule has 1 atom stereocenters. The van der Waals surface area contributed by atoms with Crippen molar-refractivity contribution in [2.75, 3.05) is 0 Å². The summed E-state index contributed by atoms with van der Waals surface area (Å²) in [5.41, 5.74) is 5.60. The predicted molar refractivity (Wildman–Crippen MR) is 62.0 cm³/mol. The zero-order valence-electron chi connectivity index (χ0n) is 10.4. The molecule has 0 saturated heterocycles. The number of carbonyl (C=O) groups is 1. The second-order valence-corrected chi connectivity index (χ2v) is 5.62. The Bertz CT molecular complexity index is 363. The molecule has 0 aliphatic rings. The van der Waals surface area contributed by atoms with Gasteiger partial charge in [-0.15, -0.1) is 0 Å². The SMILES string of the molecule is CC(Cc1cc(C(N)=O)no1)CC(C)(C)C. The minimum atomic E-state index is -0.543. The molecule has 0 aliphatic heterocycles. The maximum absolute atomic E-state index is 10.8. The van der Waals surface area contributed by atoms with Gasteiger partial charge in [-0.3, -0.25) is 4.79 Å². The van der Waals surface area contributed by atoms with Crippen LogP contribution in [0.1, 0.15) is 50.4 Å². The van der Waals surface area contributed by atoms with E-state index in [0.717, 1.165) is 18.6 Å². The molecule has 0 aliphatic carbocycles. The van der Waals surface area contributed by atoms with Crippen LogP contribution in [0, 0.1) is 11.3 Å².